The van der Waals surface area contributed by atoms with Crippen LogP contribution in [0.3, 0.4) is 0 Å². The summed E-state index contributed by atoms with van der Waals surface area (Å²) in [7, 11) is 0. The van der Waals surface area contributed by atoms with Gasteiger partial charge in [-0.1, -0.05) is 12.1 Å². The molecule has 2 unspecified atom stereocenters. The van der Waals surface area contributed by atoms with Crippen molar-refractivity contribution in [2.24, 2.45) is 0 Å². The summed E-state index contributed by atoms with van der Waals surface area (Å²) in [5, 5.41) is 3.55. The van der Waals surface area contributed by atoms with Gasteiger partial charge in [-0.3, -0.25) is 0 Å². The Morgan fingerprint density at radius 1 is 1.50 bits per heavy atom. The van der Waals surface area contributed by atoms with Crippen LogP contribution in [0, 0.1) is 0 Å². The van der Waals surface area contributed by atoms with Crippen LogP contribution in [0.25, 0.3) is 0 Å². The van der Waals surface area contributed by atoms with Crippen LogP contribution in [0.2, 0.25) is 0 Å². The number of ether oxygens (including phenoxy) is 1. The average molecular weight is 282 g/mol. The summed E-state index contributed by atoms with van der Waals surface area (Å²) >= 11 is 3.62. The van der Waals surface area contributed by atoms with E-state index >= 15 is 0 Å². The number of fused-ring (bicyclic) bond motifs is 2. The van der Waals surface area contributed by atoms with E-state index in [0.29, 0.717) is 11.5 Å². The third-order valence-corrected chi connectivity index (χ3v) is 4.51. The fraction of sp³-hybridized carbons (Fsp3) is 0.538. The van der Waals surface area contributed by atoms with E-state index in [9.17, 15) is 0 Å². The van der Waals surface area contributed by atoms with Gasteiger partial charge >= 0.3 is 0 Å². The summed E-state index contributed by atoms with van der Waals surface area (Å²) in [5.41, 5.74) is 3.06. The number of hydrogen-bond acceptors (Lipinski definition) is 2. The van der Waals surface area contributed by atoms with Crippen LogP contribution in [0.15, 0.2) is 22.7 Å². The molecule has 0 aliphatic carbocycles. The quantitative estimate of drug-likeness (QED) is 0.788. The molecule has 2 aliphatic rings. The molecular formula is C13H16BrNO. The molecule has 1 aromatic rings. The third-order valence-electron chi connectivity index (χ3n) is 3.85. The lowest BCUT2D eigenvalue weighted by Gasteiger charge is -2.36. The van der Waals surface area contributed by atoms with Crippen molar-refractivity contribution in [1.82, 2.24) is 0 Å². The highest BCUT2D eigenvalue weighted by Crippen LogP contribution is 2.47. The highest BCUT2D eigenvalue weighted by Gasteiger charge is 2.42. The second kappa shape index (κ2) is 3.74. The second-order valence-electron chi connectivity index (χ2n) is 4.93. The molecule has 1 N–H and O–H groups in total. The fourth-order valence-corrected chi connectivity index (χ4v) is 3.58. The summed E-state index contributed by atoms with van der Waals surface area (Å²) in [6.07, 6.45) is 2.64. The van der Waals surface area contributed by atoms with Crippen molar-refractivity contribution >= 4 is 21.6 Å². The van der Waals surface area contributed by atoms with Crippen LogP contribution in [0.4, 0.5) is 5.69 Å². The molecule has 2 aliphatic heterocycles. The summed E-state index contributed by atoms with van der Waals surface area (Å²) in [4.78, 5) is 0. The van der Waals surface area contributed by atoms with Crippen molar-refractivity contribution in [2.75, 3.05) is 18.5 Å². The number of para-hydroxylation sites is 1. The Kier molecular flexibility index (Phi) is 2.48. The predicted octanol–water partition coefficient (Wildman–Crippen LogP) is 3.31. The molecule has 0 bridgehead atoms. The van der Waals surface area contributed by atoms with Gasteiger partial charge in [0.2, 0.25) is 0 Å². The van der Waals surface area contributed by atoms with Gasteiger partial charge in [-0.05, 0) is 47.3 Å². The van der Waals surface area contributed by atoms with Gasteiger partial charge in [0.1, 0.15) is 0 Å². The molecule has 3 rings (SSSR count). The lowest BCUT2D eigenvalue weighted by molar-refractivity contribution is -0.00527. The molecule has 2 nitrogen and oxygen atoms in total. The average Bonchev–Trinajstić information content (AvgIpc) is 2.59. The monoisotopic (exact) mass is 281 g/mol. The molecule has 1 fully saturated rings. The topological polar surface area (TPSA) is 21.3 Å². The number of benzene rings is 1. The van der Waals surface area contributed by atoms with Crippen LogP contribution >= 0.6 is 15.9 Å². The molecule has 3 heteroatoms. The predicted molar refractivity (Wildman–Crippen MR) is 69.0 cm³/mol. The Bertz CT molecular complexity index is 420. The molecule has 1 saturated heterocycles. The first-order valence-electron chi connectivity index (χ1n) is 5.86. The number of rotatable bonds is 0. The Balaban J connectivity index is 2.04. The minimum absolute atomic E-state index is 0.302. The molecule has 0 aromatic heterocycles. The van der Waals surface area contributed by atoms with E-state index in [-0.39, 0.29) is 0 Å². The molecule has 2 atom stereocenters. The van der Waals surface area contributed by atoms with Gasteiger partial charge in [0.05, 0.1) is 11.8 Å². The van der Waals surface area contributed by atoms with Crippen LogP contribution in [-0.4, -0.2) is 19.3 Å². The molecule has 1 aromatic carbocycles. The first-order valence-corrected chi connectivity index (χ1v) is 6.65. The summed E-state index contributed by atoms with van der Waals surface area (Å²) in [5.74, 6) is 0. The standard InChI is InChI=1S/C13H16BrNO/c1-9-7-13(5-6-16-9)8-15-12-10(13)3-2-4-11(12)14/h2-4,9,15H,5-8H2,1H3. The van der Waals surface area contributed by atoms with Gasteiger partial charge in [-0.2, -0.15) is 0 Å². The van der Waals surface area contributed by atoms with Crippen LogP contribution in [0.1, 0.15) is 25.3 Å². The fourth-order valence-electron chi connectivity index (χ4n) is 3.07. The van der Waals surface area contributed by atoms with E-state index in [1.54, 1.807) is 0 Å². The first-order chi connectivity index (χ1) is 7.71. The minimum atomic E-state index is 0.302. The lowest BCUT2D eigenvalue weighted by atomic mass is 9.74. The van der Waals surface area contributed by atoms with Crippen molar-refractivity contribution in [3.05, 3.63) is 28.2 Å². The van der Waals surface area contributed by atoms with Crippen molar-refractivity contribution in [3.63, 3.8) is 0 Å². The van der Waals surface area contributed by atoms with Gasteiger partial charge in [0.25, 0.3) is 0 Å². The van der Waals surface area contributed by atoms with E-state index in [1.807, 2.05) is 0 Å². The zero-order chi connectivity index (χ0) is 11.2. The summed E-state index contributed by atoms with van der Waals surface area (Å²) in [6.45, 7) is 4.12. The van der Waals surface area contributed by atoms with Gasteiger partial charge in [0.15, 0.2) is 0 Å². The summed E-state index contributed by atoms with van der Waals surface area (Å²) in [6, 6.07) is 6.50. The highest BCUT2D eigenvalue weighted by atomic mass is 79.9. The maximum Gasteiger partial charge on any atom is 0.0556 e. The van der Waals surface area contributed by atoms with Crippen molar-refractivity contribution < 1.29 is 4.74 Å². The molecular weight excluding hydrogens is 266 g/mol. The van der Waals surface area contributed by atoms with Gasteiger partial charge in [-0.25, -0.2) is 0 Å². The Morgan fingerprint density at radius 2 is 2.38 bits per heavy atom. The molecule has 0 saturated carbocycles. The van der Waals surface area contributed by atoms with E-state index in [4.69, 9.17) is 4.74 Å². The van der Waals surface area contributed by atoms with E-state index in [0.717, 1.165) is 26.0 Å². The Hall–Kier alpha value is -0.540. The van der Waals surface area contributed by atoms with Crippen molar-refractivity contribution in [2.45, 2.75) is 31.3 Å². The highest BCUT2D eigenvalue weighted by molar-refractivity contribution is 9.10. The molecule has 0 radical (unpaired) electrons. The molecule has 86 valence electrons. The van der Waals surface area contributed by atoms with Crippen LogP contribution in [0.5, 0.6) is 0 Å². The minimum Gasteiger partial charge on any atom is -0.383 e. The van der Waals surface area contributed by atoms with Crippen molar-refractivity contribution in [3.8, 4) is 0 Å². The van der Waals surface area contributed by atoms with Crippen LogP contribution < -0.4 is 5.32 Å². The molecule has 2 heterocycles. The maximum atomic E-state index is 5.67. The lowest BCUT2D eigenvalue weighted by Crippen LogP contribution is -2.39. The third kappa shape index (κ3) is 1.49. The van der Waals surface area contributed by atoms with Gasteiger partial charge in [-0.15, -0.1) is 0 Å². The smallest absolute Gasteiger partial charge is 0.0556 e. The van der Waals surface area contributed by atoms with Gasteiger partial charge < -0.3 is 10.1 Å². The number of halogens is 1. The second-order valence-corrected chi connectivity index (χ2v) is 5.79. The SMILES string of the molecule is CC1CC2(CCO1)CNc1c(Br)cccc12. The maximum absolute atomic E-state index is 5.67. The molecule has 16 heavy (non-hydrogen) atoms. The molecule has 1 spiro atoms. The summed E-state index contributed by atoms with van der Waals surface area (Å²) < 4.78 is 6.85. The van der Waals surface area contributed by atoms with E-state index in [1.165, 1.54) is 15.7 Å². The van der Waals surface area contributed by atoms with Gasteiger partial charge in [0, 0.05) is 23.0 Å². The van der Waals surface area contributed by atoms with E-state index in [2.05, 4.69) is 46.4 Å². The zero-order valence-electron chi connectivity index (χ0n) is 9.42. The largest absolute Gasteiger partial charge is 0.383 e. The Labute approximate surface area is 105 Å². The van der Waals surface area contributed by atoms with Crippen molar-refractivity contribution in [1.29, 1.82) is 0 Å². The number of nitrogens with one attached hydrogen (secondary N) is 1. The normalized spacial score (nSPS) is 32.5. The molecule has 0 amide bonds. The Morgan fingerprint density at radius 3 is 3.19 bits per heavy atom. The zero-order valence-corrected chi connectivity index (χ0v) is 11.0. The van der Waals surface area contributed by atoms with Crippen LogP contribution in [-0.2, 0) is 10.2 Å². The van der Waals surface area contributed by atoms with E-state index < -0.39 is 0 Å². The number of hydrogen-bond donors (Lipinski definition) is 1. The number of anilines is 1. The first kappa shape index (κ1) is 10.6.